The fourth-order valence-corrected chi connectivity index (χ4v) is 5.77. The topological polar surface area (TPSA) is 23.6 Å². The van der Waals surface area contributed by atoms with E-state index in [9.17, 15) is 4.79 Å². The molecular formula is C18H22N2OS2. The summed E-state index contributed by atoms with van der Waals surface area (Å²) in [6, 6.07) is 6.66. The van der Waals surface area contributed by atoms with Gasteiger partial charge in [0.15, 0.2) is 0 Å². The summed E-state index contributed by atoms with van der Waals surface area (Å²) in [6.45, 7) is 2.94. The quantitative estimate of drug-likeness (QED) is 0.829. The van der Waals surface area contributed by atoms with Crippen molar-refractivity contribution in [3.63, 3.8) is 0 Å². The van der Waals surface area contributed by atoms with Crippen molar-refractivity contribution in [2.45, 2.75) is 25.3 Å². The lowest BCUT2D eigenvalue weighted by molar-refractivity contribution is -0.139. The smallest absolute Gasteiger partial charge is 0.226 e. The van der Waals surface area contributed by atoms with Crippen LogP contribution in [0.25, 0.3) is 0 Å². The molecule has 2 aromatic rings. The number of carbonyl (C=O) groups excluding carboxylic acids is 1. The number of thiophene rings is 2. The van der Waals surface area contributed by atoms with Gasteiger partial charge in [-0.15, -0.1) is 22.7 Å². The molecule has 2 aliphatic heterocycles. The van der Waals surface area contributed by atoms with Crippen LogP contribution in [0.3, 0.4) is 0 Å². The van der Waals surface area contributed by atoms with E-state index in [2.05, 4.69) is 45.8 Å². The Morgan fingerprint density at radius 3 is 2.70 bits per heavy atom. The summed E-state index contributed by atoms with van der Waals surface area (Å²) in [5.41, 5.74) is 1.43. The maximum atomic E-state index is 13.2. The fraction of sp³-hybridized carbons (Fsp3) is 0.500. The van der Waals surface area contributed by atoms with Gasteiger partial charge in [0.05, 0.1) is 0 Å². The number of fused-ring (bicyclic) bond motifs is 1. The van der Waals surface area contributed by atoms with Gasteiger partial charge < -0.3 is 9.80 Å². The van der Waals surface area contributed by atoms with Crippen LogP contribution in [0.4, 0.5) is 0 Å². The number of hydrogen-bond donors (Lipinski definition) is 0. The van der Waals surface area contributed by atoms with Gasteiger partial charge in [0.25, 0.3) is 0 Å². The van der Waals surface area contributed by atoms with Crippen LogP contribution < -0.4 is 0 Å². The Hall–Kier alpha value is -1.17. The van der Waals surface area contributed by atoms with Crippen LogP contribution in [0.2, 0.25) is 0 Å². The average Bonchev–Trinajstić information content (AvgIpc) is 3.25. The maximum absolute atomic E-state index is 13.2. The number of nitrogens with zero attached hydrogens (tertiary/aromatic N) is 2. The van der Waals surface area contributed by atoms with Crippen molar-refractivity contribution in [3.8, 4) is 0 Å². The van der Waals surface area contributed by atoms with E-state index in [1.165, 1.54) is 15.3 Å². The highest BCUT2D eigenvalue weighted by atomic mass is 32.1. The minimum absolute atomic E-state index is 0.144. The molecule has 3 nitrogen and oxygen atoms in total. The van der Waals surface area contributed by atoms with Crippen molar-refractivity contribution >= 4 is 28.6 Å². The van der Waals surface area contributed by atoms with Crippen molar-refractivity contribution < 1.29 is 4.79 Å². The van der Waals surface area contributed by atoms with Crippen LogP contribution in [0.5, 0.6) is 0 Å². The first-order valence-electron chi connectivity index (χ1n) is 8.32. The molecule has 2 aliphatic rings. The molecule has 0 radical (unpaired) electrons. The molecule has 0 N–H and O–H groups in total. The van der Waals surface area contributed by atoms with Crippen LogP contribution in [0, 0.1) is 5.92 Å². The standard InChI is InChI=1S/C18H22N2OS2/c1-19-8-4-14(5-9-19)18(21)20-10-6-13-7-12-23-17(13)16(20)15-3-2-11-22-15/h2-3,7,11-12,14,16H,4-6,8-10H2,1H3. The minimum atomic E-state index is 0.144. The Kier molecular flexibility index (Phi) is 4.26. The zero-order valence-electron chi connectivity index (χ0n) is 13.4. The number of likely N-dealkylation sites (tertiary alicyclic amines) is 1. The van der Waals surface area contributed by atoms with Crippen LogP contribution >= 0.6 is 22.7 Å². The molecular weight excluding hydrogens is 324 g/mol. The van der Waals surface area contributed by atoms with Gasteiger partial charge in [-0.25, -0.2) is 0 Å². The Morgan fingerprint density at radius 2 is 1.96 bits per heavy atom. The summed E-state index contributed by atoms with van der Waals surface area (Å²) in [6.07, 6.45) is 3.00. The first-order valence-corrected chi connectivity index (χ1v) is 10.1. The van der Waals surface area contributed by atoms with Gasteiger partial charge in [-0.3, -0.25) is 4.79 Å². The van der Waals surface area contributed by atoms with Gasteiger partial charge >= 0.3 is 0 Å². The summed E-state index contributed by atoms with van der Waals surface area (Å²) in [4.78, 5) is 20.4. The molecule has 0 saturated carbocycles. The summed E-state index contributed by atoms with van der Waals surface area (Å²) in [7, 11) is 2.15. The highest BCUT2D eigenvalue weighted by Gasteiger charge is 2.37. The largest absolute Gasteiger partial charge is 0.329 e. The van der Waals surface area contributed by atoms with Crippen molar-refractivity contribution in [3.05, 3.63) is 44.3 Å². The van der Waals surface area contributed by atoms with Gasteiger partial charge in [-0.05, 0) is 67.9 Å². The molecule has 0 aliphatic carbocycles. The summed E-state index contributed by atoms with van der Waals surface area (Å²) >= 11 is 3.57. The van der Waals surface area contributed by atoms with Gasteiger partial charge in [-0.2, -0.15) is 0 Å². The summed E-state index contributed by atoms with van der Waals surface area (Å²) in [5, 5.41) is 4.30. The molecule has 0 aromatic carbocycles. The van der Waals surface area contributed by atoms with Crippen LogP contribution in [-0.4, -0.2) is 42.4 Å². The third kappa shape index (κ3) is 2.86. The number of amides is 1. The molecule has 4 rings (SSSR count). The molecule has 0 spiro atoms. The van der Waals surface area contributed by atoms with Gasteiger partial charge in [0, 0.05) is 22.2 Å². The lowest BCUT2D eigenvalue weighted by atomic mass is 9.92. The first-order chi connectivity index (χ1) is 11.2. The van der Waals surface area contributed by atoms with Crippen molar-refractivity contribution in [1.29, 1.82) is 0 Å². The predicted octanol–water partition coefficient (Wildman–Crippen LogP) is 3.63. The van der Waals surface area contributed by atoms with Gasteiger partial charge in [0.1, 0.15) is 6.04 Å². The zero-order chi connectivity index (χ0) is 15.8. The number of hydrogen-bond acceptors (Lipinski definition) is 4. The highest BCUT2D eigenvalue weighted by molar-refractivity contribution is 7.11. The van der Waals surface area contributed by atoms with Crippen molar-refractivity contribution in [2.24, 2.45) is 5.92 Å². The highest BCUT2D eigenvalue weighted by Crippen LogP contribution is 2.41. The Morgan fingerprint density at radius 1 is 1.13 bits per heavy atom. The van der Waals surface area contributed by atoms with E-state index < -0.39 is 0 Å². The molecule has 5 heteroatoms. The Balaban J connectivity index is 1.63. The number of piperidine rings is 1. The van der Waals surface area contributed by atoms with Crippen LogP contribution in [0.15, 0.2) is 29.0 Å². The third-order valence-corrected chi connectivity index (χ3v) is 7.06. The van der Waals surface area contributed by atoms with Crippen LogP contribution in [0.1, 0.15) is 34.2 Å². The van der Waals surface area contributed by atoms with E-state index in [1.807, 2.05) is 0 Å². The van der Waals surface area contributed by atoms with Crippen molar-refractivity contribution in [1.82, 2.24) is 9.80 Å². The number of rotatable bonds is 2. The summed E-state index contributed by atoms with van der Waals surface area (Å²) < 4.78 is 0. The van der Waals surface area contributed by atoms with Crippen LogP contribution in [-0.2, 0) is 11.2 Å². The molecule has 1 amide bonds. The minimum Gasteiger partial charge on any atom is -0.329 e. The maximum Gasteiger partial charge on any atom is 0.226 e. The fourth-order valence-electron chi connectivity index (χ4n) is 3.76. The molecule has 2 aromatic heterocycles. The second-order valence-electron chi connectivity index (χ2n) is 6.59. The lowest BCUT2D eigenvalue weighted by Crippen LogP contribution is -2.45. The number of carbonyl (C=O) groups is 1. The average molecular weight is 347 g/mol. The molecule has 0 bridgehead atoms. The van der Waals surface area contributed by atoms with E-state index in [0.29, 0.717) is 5.91 Å². The molecule has 1 unspecified atom stereocenters. The molecule has 1 fully saturated rings. The molecule has 122 valence electrons. The molecule has 1 atom stereocenters. The Bertz CT molecular complexity index is 671. The van der Waals surface area contributed by atoms with E-state index in [4.69, 9.17) is 0 Å². The van der Waals surface area contributed by atoms with E-state index in [0.717, 1.165) is 38.9 Å². The Labute approximate surface area is 145 Å². The monoisotopic (exact) mass is 346 g/mol. The van der Waals surface area contributed by atoms with E-state index in [-0.39, 0.29) is 12.0 Å². The predicted molar refractivity (Wildman–Crippen MR) is 96.1 cm³/mol. The SMILES string of the molecule is CN1CCC(C(=O)N2CCc3ccsc3C2c2cccs2)CC1. The molecule has 4 heterocycles. The normalized spacial score (nSPS) is 23.0. The molecule has 1 saturated heterocycles. The van der Waals surface area contributed by atoms with Gasteiger partial charge in [0.2, 0.25) is 5.91 Å². The van der Waals surface area contributed by atoms with E-state index in [1.54, 1.807) is 22.7 Å². The summed E-state index contributed by atoms with van der Waals surface area (Å²) in [5.74, 6) is 0.575. The van der Waals surface area contributed by atoms with E-state index >= 15 is 0 Å². The third-order valence-electron chi connectivity index (χ3n) is 5.13. The second kappa shape index (κ2) is 6.38. The van der Waals surface area contributed by atoms with Crippen molar-refractivity contribution in [2.75, 3.05) is 26.7 Å². The first kappa shape index (κ1) is 15.4. The zero-order valence-corrected chi connectivity index (χ0v) is 15.0. The second-order valence-corrected chi connectivity index (χ2v) is 8.51. The van der Waals surface area contributed by atoms with Gasteiger partial charge in [-0.1, -0.05) is 6.07 Å². The lowest BCUT2D eigenvalue weighted by Gasteiger charge is -2.39. The molecule has 23 heavy (non-hydrogen) atoms.